The molecule has 0 spiro atoms. The predicted molar refractivity (Wildman–Crippen MR) is 98.1 cm³/mol. The number of nitrogens with one attached hydrogen (secondary N) is 1. The summed E-state index contributed by atoms with van der Waals surface area (Å²) >= 11 is 0. The van der Waals surface area contributed by atoms with Crippen LogP contribution >= 0.6 is 0 Å². The number of nitrogens with two attached hydrogens (primary N) is 1. The van der Waals surface area contributed by atoms with Gasteiger partial charge in [0.1, 0.15) is 17.4 Å². The fourth-order valence-electron chi connectivity index (χ4n) is 3.43. The van der Waals surface area contributed by atoms with E-state index in [2.05, 4.69) is 10.1 Å². The Kier molecular flexibility index (Phi) is 4.40. The first-order valence-corrected chi connectivity index (χ1v) is 8.62. The van der Waals surface area contributed by atoms with E-state index >= 15 is 0 Å². The molecule has 0 aliphatic carbocycles. The predicted octanol–water partition coefficient (Wildman–Crippen LogP) is 2.55. The summed E-state index contributed by atoms with van der Waals surface area (Å²) in [4.78, 5) is 4.01. The van der Waals surface area contributed by atoms with Crippen molar-refractivity contribution in [1.82, 2.24) is 14.6 Å². The number of nitrogen functional groups attached to an aromatic ring is 1. The fraction of sp³-hybridized carbons (Fsp3) is 0.316. The van der Waals surface area contributed by atoms with E-state index in [-0.39, 0.29) is 6.10 Å². The Balaban J connectivity index is 1.47. The number of nitrogens with zero attached hydrogens (tertiary/aromatic N) is 3. The van der Waals surface area contributed by atoms with Crippen molar-refractivity contribution < 1.29 is 9.47 Å². The molecule has 3 heterocycles. The standard InChI is InChI=1S/C19H21N5O2/c20-12-19(17-7-6-16-18(21)22-13-23-24(16)17)9-8-15(26-19)11-25-10-14-4-2-1-3-5-14/h1-7,12-13,15,20H,8-11H2,(H2,21,22,23)/t15-,19-/m0/s1. The Morgan fingerprint density at radius 3 is 2.96 bits per heavy atom. The summed E-state index contributed by atoms with van der Waals surface area (Å²) in [6.07, 6.45) is 4.22. The second-order valence-corrected chi connectivity index (χ2v) is 6.47. The summed E-state index contributed by atoms with van der Waals surface area (Å²) in [5.74, 6) is 0.409. The molecule has 1 saturated heterocycles. The van der Waals surface area contributed by atoms with Crippen molar-refractivity contribution in [2.24, 2.45) is 0 Å². The molecule has 7 heteroatoms. The van der Waals surface area contributed by atoms with E-state index in [9.17, 15) is 0 Å². The first kappa shape index (κ1) is 16.7. The summed E-state index contributed by atoms with van der Waals surface area (Å²) in [5.41, 5.74) is 7.74. The maximum Gasteiger partial charge on any atom is 0.151 e. The van der Waals surface area contributed by atoms with E-state index in [0.29, 0.717) is 25.5 Å². The zero-order valence-electron chi connectivity index (χ0n) is 14.3. The molecular weight excluding hydrogens is 330 g/mol. The van der Waals surface area contributed by atoms with Gasteiger partial charge < -0.3 is 20.6 Å². The van der Waals surface area contributed by atoms with Crippen molar-refractivity contribution in [2.75, 3.05) is 12.3 Å². The minimum Gasteiger partial charge on any atom is -0.382 e. The van der Waals surface area contributed by atoms with Crippen LogP contribution in [0.1, 0.15) is 24.1 Å². The van der Waals surface area contributed by atoms with Crippen LogP contribution in [0.15, 0.2) is 48.8 Å². The Morgan fingerprint density at radius 1 is 1.31 bits per heavy atom. The highest BCUT2D eigenvalue weighted by Gasteiger charge is 2.42. The Hall–Kier alpha value is -2.77. The van der Waals surface area contributed by atoms with Crippen LogP contribution in [0, 0.1) is 5.41 Å². The van der Waals surface area contributed by atoms with Gasteiger partial charge in [-0.05, 0) is 30.5 Å². The number of fused-ring (bicyclic) bond motifs is 1. The molecule has 26 heavy (non-hydrogen) atoms. The average molecular weight is 351 g/mol. The van der Waals surface area contributed by atoms with Gasteiger partial charge in [0.05, 0.1) is 25.0 Å². The Labute approximate surface area is 151 Å². The zero-order valence-corrected chi connectivity index (χ0v) is 14.3. The third kappa shape index (κ3) is 2.95. The van der Waals surface area contributed by atoms with Crippen molar-refractivity contribution >= 4 is 17.5 Å². The highest BCUT2D eigenvalue weighted by atomic mass is 16.6. The SMILES string of the molecule is N=C[C@]1(c2ccc3c(N)ncnn23)CC[C@@H](COCc2ccccc2)O1. The number of hydrogen-bond acceptors (Lipinski definition) is 6. The van der Waals surface area contributed by atoms with Crippen LogP contribution in [0.2, 0.25) is 0 Å². The minimum absolute atomic E-state index is 0.0648. The molecule has 3 aromatic rings. The van der Waals surface area contributed by atoms with Crippen LogP contribution < -0.4 is 5.73 Å². The van der Waals surface area contributed by atoms with E-state index < -0.39 is 5.60 Å². The van der Waals surface area contributed by atoms with E-state index in [1.807, 2.05) is 42.5 Å². The van der Waals surface area contributed by atoms with E-state index in [0.717, 1.165) is 23.2 Å². The average Bonchev–Trinajstić information content (AvgIpc) is 3.28. The summed E-state index contributed by atoms with van der Waals surface area (Å²) in [6.45, 7) is 1.04. The van der Waals surface area contributed by atoms with Gasteiger partial charge in [0.15, 0.2) is 5.82 Å². The molecule has 3 N–H and O–H groups in total. The molecule has 2 atom stereocenters. The van der Waals surface area contributed by atoms with Gasteiger partial charge in [0.25, 0.3) is 0 Å². The molecule has 1 fully saturated rings. The van der Waals surface area contributed by atoms with Crippen molar-refractivity contribution in [2.45, 2.75) is 31.2 Å². The number of ether oxygens (including phenoxy) is 2. The van der Waals surface area contributed by atoms with Crippen LogP contribution in [0.4, 0.5) is 5.82 Å². The second kappa shape index (κ2) is 6.86. The normalized spacial score (nSPS) is 22.7. The maximum absolute atomic E-state index is 7.98. The second-order valence-electron chi connectivity index (χ2n) is 6.47. The molecule has 134 valence electrons. The molecule has 0 radical (unpaired) electrons. The van der Waals surface area contributed by atoms with Crippen molar-refractivity contribution in [3.05, 3.63) is 60.0 Å². The lowest BCUT2D eigenvalue weighted by molar-refractivity contribution is -0.0453. The molecular formula is C19H21N5O2. The highest BCUT2D eigenvalue weighted by Crippen LogP contribution is 2.38. The topological polar surface area (TPSA) is 98.5 Å². The molecule has 0 unspecified atom stereocenters. The number of benzene rings is 1. The first-order chi connectivity index (χ1) is 12.7. The summed E-state index contributed by atoms with van der Waals surface area (Å²) < 4.78 is 13.8. The lowest BCUT2D eigenvalue weighted by atomic mass is 9.97. The molecule has 1 aromatic carbocycles. The molecule has 7 nitrogen and oxygen atoms in total. The molecule has 1 aliphatic rings. The third-order valence-electron chi connectivity index (χ3n) is 4.78. The van der Waals surface area contributed by atoms with Crippen LogP contribution in [-0.4, -0.2) is 33.5 Å². The Bertz CT molecular complexity index is 911. The molecule has 1 aliphatic heterocycles. The molecule has 4 rings (SSSR count). The lowest BCUT2D eigenvalue weighted by Crippen LogP contribution is -2.31. The molecule has 0 saturated carbocycles. The molecule has 2 aromatic heterocycles. The maximum atomic E-state index is 7.98. The highest BCUT2D eigenvalue weighted by molar-refractivity contribution is 5.72. The summed E-state index contributed by atoms with van der Waals surface area (Å²) in [5, 5.41) is 12.3. The zero-order chi connectivity index (χ0) is 18.0. The fourth-order valence-corrected chi connectivity index (χ4v) is 3.43. The number of aromatic nitrogens is 3. The molecule has 0 bridgehead atoms. The van der Waals surface area contributed by atoms with Gasteiger partial charge in [-0.2, -0.15) is 5.10 Å². The lowest BCUT2D eigenvalue weighted by Gasteiger charge is -2.24. The first-order valence-electron chi connectivity index (χ1n) is 8.62. The number of anilines is 1. The minimum atomic E-state index is -0.812. The van der Waals surface area contributed by atoms with Gasteiger partial charge >= 0.3 is 0 Å². The van der Waals surface area contributed by atoms with Crippen LogP contribution in [0.25, 0.3) is 5.52 Å². The smallest absolute Gasteiger partial charge is 0.151 e. The van der Waals surface area contributed by atoms with Gasteiger partial charge in [0.2, 0.25) is 0 Å². The Morgan fingerprint density at radius 2 is 2.15 bits per heavy atom. The molecule has 0 amide bonds. The summed E-state index contributed by atoms with van der Waals surface area (Å²) in [7, 11) is 0. The van der Waals surface area contributed by atoms with Crippen LogP contribution in [-0.2, 0) is 21.7 Å². The van der Waals surface area contributed by atoms with E-state index in [1.54, 1.807) is 4.52 Å². The van der Waals surface area contributed by atoms with Crippen molar-refractivity contribution in [1.29, 1.82) is 5.41 Å². The number of rotatable bonds is 6. The van der Waals surface area contributed by atoms with E-state index in [1.165, 1.54) is 12.5 Å². The van der Waals surface area contributed by atoms with Gasteiger partial charge in [0, 0.05) is 6.21 Å². The van der Waals surface area contributed by atoms with E-state index in [4.69, 9.17) is 20.6 Å². The largest absolute Gasteiger partial charge is 0.382 e. The monoisotopic (exact) mass is 351 g/mol. The number of hydrogen-bond donors (Lipinski definition) is 2. The van der Waals surface area contributed by atoms with Crippen molar-refractivity contribution in [3.8, 4) is 0 Å². The van der Waals surface area contributed by atoms with Gasteiger partial charge in [-0.15, -0.1) is 0 Å². The van der Waals surface area contributed by atoms with Crippen molar-refractivity contribution in [3.63, 3.8) is 0 Å². The van der Waals surface area contributed by atoms with Gasteiger partial charge in [-0.3, -0.25) is 0 Å². The quantitative estimate of drug-likeness (QED) is 0.665. The van der Waals surface area contributed by atoms with Gasteiger partial charge in [-0.25, -0.2) is 9.50 Å². The van der Waals surface area contributed by atoms with Gasteiger partial charge in [-0.1, -0.05) is 30.3 Å². The summed E-state index contributed by atoms with van der Waals surface area (Å²) in [6, 6.07) is 13.8. The van der Waals surface area contributed by atoms with Crippen LogP contribution in [0.3, 0.4) is 0 Å². The third-order valence-corrected chi connectivity index (χ3v) is 4.78. The van der Waals surface area contributed by atoms with Crippen LogP contribution in [0.5, 0.6) is 0 Å².